The van der Waals surface area contributed by atoms with E-state index in [2.05, 4.69) is 16.2 Å². The van der Waals surface area contributed by atoms with Gasteiger partial charge in [-0.2, -0.15) is 0 Å². The number of phenolic OH excluding ortho intramolecular Hbond substituents is 1. The maximum absolute atomic E-state index is 11.9. The molecular formula is C18H17N3O4S. The first kappa shape index (κ1) is 18.9. The molecule has 0 saturated carbocycles. The van der Waals surface area contributed by atoms with Crippen LogP contribution >= 0.6 is 12.2 Å². The van der Waals surface area contributed by atoms with Crippen LogP contribution in [0.15, 0.2) is 54.6 Å². The third kappa shape index (κ3) is 5.32. The molecule has 26 heavy (non-hydrogen) atoms. The molecule has 2 rings (SSSR count). The van der Waals surface area contributed by atoms with Gasteiger partial charge in [0, 0.05) is 11.6 Å². The van der Waals surface area contributed by atoms with Gasteiger partial charge in [0.2, 0.25) is 5.91 Å². The van der Waals surface area contributed by atoms with Gasteiger partial charge >= 0.3 is 0 Å². The monoisotopic (exact) mass is 371 g/mol. The van der Waals surface area contributed by atoms with Gasteiger partial charge in [0.25, 0.3) is 5.91 Å². The highest BCUT2D eigenvalue weighted by Gasteiger charge is 2.10. The van der Waals surface area contributed by atoms with Crippen LogP contribution in [-0.2, 0) is 4.79 Å². The molecule has 0 radical (unpaired) electrons. The van der Waals surface area contributed by atoms with Gasteiger partial charge in [0.05, 0.1) is 12.7 Å². The number of hydrazine groups is 1. The summed E-state index contributed by atoms with van der Waals surface area (Å²) in [6.07, 6.45) is 2.87. The summed E-state index contributed by atoms with van der Waals surface area (Å²) in [5, 5.41) is 11.9. The molecule has 0 heterocycles. The predicted octanol–water partition coefficient (Wildman–Crippen LogP) is 1.75. The van der Waals surface area contributed by atoms with Gasteiger partial charge in [0.15, 0.2) is 5.11 Å². The maximum Gasteiger partial charge on any atom is 0.273 e. The second-order valence-corrected chi connectivity index (χ2v) is 5.40. The summed E-state index contributed by atoms with van der Waals surface area (Å²) >= 11 is 4.93. The van der Waals surface area contributed by atoms with E-state index in [0.717, 1.165) is 5.56 Å². The van der Waals surface area contributed by atoms with Crippen molar-refractivity contribution in [3.8, 4) is 11.5 Å². The molecular weight excluding hydrogens is 354 g/mol. The van der Waals surface area contributed by atoms with Crippen molar-refractivity contribution in [2.75, 3.05) is 7.11 Å². The number of thiocarbonyl (C=S) groups is 1. The molecule has 4 N–H and O–H groups in total. The third-order valence-electron chi connectivity index (χ3n) is 3.23. The van der Waals surface area contributed by atoms with Crippen molar-refractivity contribution in [1.82, 2.24) is 16.2 Å². The first-order valence-electron chi connectivity index (χ1n) is 7.51. The molecule has 0 aliphatic heterocycles. The highest BCUT2D eigenvalue weighted by atomic mass is 32.1. The lowest BCUT2D eigenvalue weighted by atomic mass is 10.2. The number of aromatic hydroxyl groups is 1. The minimum absolute atomic E-state index is 0.0743. The number of methoxy groups -OCH3 is 1. The molecule has 0 saturated heterocycles. The number of carbonyl (C=O) groups excluding carboxylic acids is 2. The van der Waals surface area contributed by atoms with E-state index in [1.54, 1.807) is 37.5 Å². The topological polar surface area (TPSA) is 99.7 Å². The van der Waals surface area contributed by atoms with Gasteiger partial charge in [-0.3, -0.25) is 25.8 Å². The smallest absolute Gasteiger partial charge is 0.273 e. The van der Waals surface area contributed by atoms with Crippen LogP contribution in [0.3, 0.4) is 0 Å². The Morgan fingerprint density at radius 2 is 1.77 bits per heavy atom. The zero-order chi connectivity index (χ0) is 18.9. The number of hydrogen-bond acceptors (Lipinski definition) is 5. The summed E-state index contributed by atoms with van der Waals surface area (Å²) in [4.78, 5) is 23.8. The molecule has 0 atom stereocenters. The van der Waals surface area contributed by atoms with Gasteiger partial charge in [0.1, 0.15) is 11.5 Å². The van der Waals surface area contributed by atoms with E-state index in [-0.39, 0.29) is 16.4 Å². The van der Waals surface area contributed by atoms with Crippen LogP contribution in [-0.4, -0.2) is 29.1 Å². The molecule has 7 nitrogen and oxygen atoms in total. The zero-order valence-corrected chi connectivity index (χ0v) is 14.7. The number of nitrogens with one attached hydrogen (secondary N) is 3. The normalized spacial score (nSPS) is 10.2. The number of phenols is 1. The zero-order valence-electron chi connectivity index (χ0n) is 13.9. The molecule has 8 heteroatoms. The summed E-state index contributed by atoms with van der Waals surface area (Å²) < 4.78 is 5.19. The van der Waals surface area contributed by atoms with Crippen LogP contribution < -0.4 is 20.9 Å². The number of rotatable bonds is 4. The van der Waals surface area contributed by atoms with E-state index >= 15 is 0 Å². The lowest BCUT2D eigenvalue weighted by molar-refractivity contribution is -0.115. The van der Waals surface area contributed by atoms with Gasteiger partial charge in [-0.25, -0.2) is 0 Å². The lowest BCUT2D eigenvalue weighted by Crippen LogP contribution is -2.48. The Kier molecular flexibility index (Phi) is 6.69. The molecule has 0 fully saturated rings. The fraction of sp³-hybridized carbons (Fsp3) is 0.0556. The largest absolute Gasteiger partial charge is 0.507 e. The number of amides is 2. The summed E-state index contributed by atoms with van der Waals surface area (Å²) in [5.41, 5.74) is 5.49. The Morgan fingerprint density at radius 1 is 1.08 bits per heavy atom. The van der Waals surface area contributed by atoms with E-state index in [4.69, 9.17) is 17.0 Å². The van der Waals surface area contributed by atoms with E-state index in [0.29, 0.717) is 5.75 Å². The minimum Gasteiger partial charge on any atom is -0.507 e. The number of para-hydroxylation sites is 2. The van der Waals surface area contributed by atoms with E-state index in [1.807, 2.05) is 12.1 Å². The predicted molar refractivity (Wildman–Crippen MR) is 101 cm³/mol. The van der Waals surface area contributed by atoms with Crippen molar-refractivity contribution in [3.63, 3.8) is 0 Å². The first-order chi connectivity index (χ1) is 12.5. The Labute approximate surface area is 155 Å². The van der Waals surface area contributed by atoms with Crippen LogP contribution in [0.25, 0.3) is 6.08 Å². The molecule has 134 valence electrons. The first-order valence-corrected chi connectivity index (χ1v) is 7.92. The second-order valence-electron chi connectivity index (χ2n) is 4.99. The van der Waals surface area contributed by atoms with Crippen molar-refractivity contribution in [2.24, 2.45) is 0 Å². The van der Waals surface area contributed by atoms with Gasteiger partial charge in [-0.15, -0.1) is 0 Å². The van der Waals surface area contributed by atoms with Crippen LogP contribution in [0, 0.1) is 0 Å². The standard InChI is InChI=1S/C18H17N3O4S/c1-25-15-9-5-2-6-12(15)10-11-16(23)19-18(26)21-20-17(24)13-7-3-4-8-14(13)22/h2-11,22H,1H3,(H,20,24)(H2,19,21,23,26)/b11-10+. The fourth-order valence-corrected chi connectivity index (χ4v) is 2.15. The molecule has 0 unspecified atom stereocenters. The van der Waals surface area contributed by atoms with Gasteiger partial charge < -0.3 is 9.84 Å². The Bertz CT molecular complexity index is 852. The molecule has 2 aromatic rings. The molecule has 2 aromatic carbocycles. The SMILES string of the molecule is COc1ccccc1/C=C/C(=O)NC(=S)NNC(=O)c1ccccc1O. The minimum atomic E-state index is -0.593. The van der Waals surface area contributed by atoms with Gasteiger partial charge in [-0.1, -0.05) is 30.3 Å². The highest BCUT2D eigenvalue weighted by Crippen LogP contribution is 2.18. The van der Waals surface area contributed by atoms with E-state index in [1.165, 1.54) is 18.2 Å². The van der Waals surface area contributed by atoms with Crippen molar-refractivity contribution < 1.29 is 19.4 Å². The van der Waals surface area contributed by atoms with Crippen molar-refractivity contribution in [2.45, 2.75) is 0 Å². The van der Waals surface area contributed by atoms with Crippen molar-refractivity contribution in [1.29, 1.82) is 0 Å². The Morgan fingerprint density at radius 3 is 2.50 bits per heavy atom. The summed E-state index contributed by atoms with van der Waals surface area (Å²) in [7, 11) is 1.54. The van der Waals surface area contributed by atoms with Crippen LogP contribution in [0.1, 0.15) is 15.9 Å². The number of carbonyl (C=O) groups is 2. The fourth-order valence-electron chi connectivity index (χ4n) is 2.00. The molecule has 0 aromatic heterocycles. The highest BCUT2D eigenvalue weighted by molar-refractivity contribution is 7.80. The summed E-state index contributed by atoms with van der Waals surface area (Å²) in [6.45, 7) is 0. The van der Waals surface area contributed by atoms with Gasteiger partial charge in [-0.05, 0) is 36.5 Å². The average Bonchev–Trinajstić information content (AvgIpc) is 2.65. The molecule has 0 aliphatic carbocycles. The third-order valence-corrected chi connectivity index (χ3v) is 3.43. The van der Waals surface area contributed by atoms with Crippen LogP contribution in [0.4, 0.5) is 0 Å². The van der Waals surface area contributed by atoms with E-state index in [9.17, 15) is 14.7 Å². The molecule has 0 spiro atoms. The Hall–Kier alpha value is -3.39. The second kappa shape index (κ2) is 9.19. The number of hydrogen-bond donors (Lipinski definition) is 4. The average molecular weight is 371 g/mol. The van der Waals surface area contributed by atoms with Crippen LogP contribution in [0.2, 0.25) is 0 Å². The lowest BCUT2D eigenvalue weighted by Gasteiger charge is -2.10. The molecule has 0 bridgehead atoms. The summed E-state index contributed by atoms with van der Waals surface area (Å²) in [6, 6.07) is 13.3. The number of benzene rings is 2. The number of ether oxygens (including phenoxy) is 1. The van der Waals surface area contributed by atoms with Crippen molar-refractivity contribution >= 4 is 35.2 Å². The Balaban J connectivity index is 1.85. The summed E-state index contributed by atoms with van der Waals surface area (Å²) in [5.74, 6) is -0.608. The van der Waals surface area contributed by atoms with Crippen LogP contribution in [0.5, 0.6) is 11.5 Å². The van der Waals surface area contributed by atoms with Crippen molar-refractivity contribution in [3.05, 3.63) is 65.7 Å². The molecule has 0 aliphatic rings. The maximum atomic E-state index is 11.9. The quantitative estimate of drug-likeness (QED) is 0.371. The van der Waals surface area contributed by atoms with E-state index < -0.39 is 11.8 Å². The molecule has 2 amide bonds.